The number of hydrogen-bond acceptors (Lipinski definition) is 12. The summed E-state index contributed by atoms with van der Waals surface area (Å²) in [4.78, 5) is 36.3. The third-order valence-corrected chi connectivity index (χ3v) is 11.7. The van der Waals surface area contributed by atoms with Crippen LogP contribution in [0.2, 0.25) is 0 Å². The number of aromatic amines is 1. The molecule has 0 spiro atoms. The lowest BCUT2D eigenvalue weighted by molar-refractivity contribution is -0.384. The molecule has 2 unspecified atom stereocenters. The van der Waals surface area contributed by atoms with Gasteiger partial charge in [0.05, 0.1) is 34.4 Å². The van der Waals surface area contributed by atoms with Crippen molar-refractivity contribution in [2.75, 3.05) is 30.0 Å². The van der Waals surface area contributed by atoms with E-state index >= 15 is 8.42 Å². The van der Waals surface area contributed by atoms with E-state index in [1.165, 1.54) is 24.3 Å². The van der Waals surface area contributed by atoms with Crippen LogP contribution >= 0.6 is 0 Å². The number of nitro benzene ring substituents is 1. The number of nitro groups is 1. The van der Waals surface area contributed by atoms with E-state index in [1.807, 2.05) is 12.1 Å². The molecule has 1 saturated heterocycles. The van der Waals surface area contributed by atoms with Gasteiger partial charge in [0, 0.05) is 48.6 Å². The number of aromatic nitrogens is 3. The fourth-order valence-corrected chi connectivity index (χ4v) is 9.44. The van der Waals surface area contributed by atoms with Gasteiger partial charge in [-0.2, -0.15) is 4.98 Å². The minimum Gasteiger partial charge on any atom is -0.489 e. The van der Waals surface area contributed by atoms with Crippen molar-refractivity contribution in [3.63, 3.8) is 0 Å². The molecule has 1 aliphatic carbocycles. The Labute approximate surface area is 279 Å². The van der Waals surface area contributed by atoms with Crippen molar-refractivity contribution in [1.29, 1.82) is 0 Å². The molecule has 1 aromatic carbocycles. The highest BCUT2D eigenvalue weighted by atomic mass is 32.2. The Morgan fingerprint density at radius 3 is 2.86 bits per heavy atom. The number of pyridine rings is 2. The number of anilines is 2. The largest absolute Gasteiger partial charge is 0.489 e. The van der Waals surface area contributed by atoms with E-state index in [0.29, 0.717) is 36.2 Å². The van der Waals surface area contributed by atoms with Crippen molar-refractivity contribution in [1.82, 2.24) is 15.0 Å². The molecular weight excluding hydrogens is 654 g/mol. The molecule has 3 aliphatic heterocycles. The van der Waals surface area contributed by atoms with Gasteiger partial charge in [0.2, 0.25) is 21.6 Å². The summed E-state index contributed by atoms with van der Waals surface area (Å²) in [6, 6.07) is 10.3. The zero-order chi connectivity index (χ0) is 33.9. The molecule has 4 N–H and O–H groups in total. The number of hydrogen-bond donors (Lipinski definition) is 3. The van der Waals surface area contributed by atoms with Gasteiger partial charge in [-0.15, -0.1) is 0 Å². The summed E-state index contributed by atoms with van der Waals surface area (Å²) < 4.78 is 48.9. The van der Waals surface area contributed by atoms with Gasteiger partial charge < -0.3 is 35.1 Å². The molecule has 8 rings (SSSR count). The van der Waals surface area contributed by atoms with Crippen LogP contribution in [0, 0.1) is 16.0 Å². The van der Waals surface area contributed by atoms with Gasteiger partial charge in [-0.05, 0) is 36.8 Å². The topological polar surface area (TPSA) is 205 Å². The number of ether oxygens (including phenoxy) is 3. The summed E-state index contributed by atoms with van der Waals surface area (Å²) in [5, 5.41) is 16.4. The Balaban J connectivity index is 1.31. The number of nitrogens with two attached hydrogens (primary N) is 1. The summed E-state index contributed by atoms with van der Waals surface area (Å²) in [6.45, 7) is 0.545. The molecule has 6 heterocycles. The molecule has 252 valence electrons. The van der Waals surface area contributed by atoms with Crippen molar-refractivity contribution >= 4 is 43.8 Å². The van der Waals surface area contributed by atoms with Crippen LogP contribution in [0.4, 0.5) is 17.1 Å². The van der Waals surface area contributed by atoms with Crippen LogP contribution in [0.15, 0.2) is 84.1 Å². The van der Waals surface area contributed by atoms with E-state index in [4.69, 9.17) is 19.9 Å². The average Bonchev–Trinajstić information content (AvgIpc) is 3.56. The van der Waals surface area contributed by atoms with Gasteiger partial charge in [0.25, 0.3) is 5.69 Å². The predicted molar refractivity (Wildman–Crippen MR) is 177 cm³/mol. The lowest BCUT2D eigenvalue weighted by Crippen LogP contribution is -2.69. The molecule has 49 heavy (non-hydrogen) atoms. The smallest absolute Gasteiger partial charge is 0.297 e. The number of fused-ring (bicyclic) bond motifs is 4. The van der Waals surface area contributed by atoms with Gasteiger partial charge >= 0.3 is 0 Å². The number of amides is 1. The van der Waals surface area contributed by atoms with Gasteiger partial charge in [0.15, 0.2) is 16.3 Å². The van der Waals surface area contributed by atoms with Gasteiger partial charge in [-0.3, -0.25) is 19.9 Å². The van der Waals surface area contributed by atoms with Crippen molar-refractivity contribution in [2.45, 2.75) is 40.8 Å². The molecule has 1 fully saturated rings. The summed E-state index contributed by atoms with van der Waals surface area (Å²) in [5.41, 5.74) is 7.18. The number of allylic oxidation sites excluding steroid dienone is 2. The van der Waals surface area contributed by atoms with Crippen LogP contribution in [0.1, 0.15) is 12.1 Å². The molecule has 4 aromatic rings. The molecule has 3 aromatic heterocycles. The lowest BCUT2D eigenvalue weighted by atomic mass is 9.88. The number of H-pyrrole nitrogens is 1. The zero-order valence-corrected chi connectivity index (χ0v) is 26.7. The van der Waals surface area contributed by atoms with E-state index < -0.39 is 54.2 Å². The van der Waals surface area contributed by atoms with Crippen LogP contribution in [0.5, 0.6) is 11.6 Å². The Kier molecular flexibility index (Phi) is 7.29. The second kappa shape index (κ2) is 11.6. The normalized spacial score (nSPS) is 25.7. The first kappa shape index (κ1) is 30.8. The molecule has 15 nitrogen and oxygen atoms in total. The van der Waals surface area contributed by atoms with Crippen molar-refractivity contribution in [3.8, 4) is 11.6 Å². The first-order valence-corrected chi connectivity index (χ1v) is 17.2. The number of benzene rings is 1. The van der Waals surface area contributed by atoms with E-state index in [-0.39, 0.29) is 36.6 Å². The number of primary amides is 1. The predicted octanol–water partition coefficient (Wildman–Crippen LogP) is 3.04. The number of nitrogens with one attached hydrogen (secondary N) is 2. The highest BCUT2D eigenvalue weighted by molar-refractivity contribution is 7.93. The minimum atomic E-state index is -4.77. The maximum atomic E-state index is 15.4. The third-order valence-electron chi connectivity index (χ3n) is 9.45. The second-order valence-corrected chi connectivity index (χ2v) is 14.4. The van der Waals surface area contributed by atoms with Crippen molar-refractivity contribution < 1.29 is 32.3 Å². The quantitative estimate of drug-likeness (QED) is 0.190. The Morgan fingerprint density at radius 1 is 1.18 bits per heavy atom. The second-order valence-electron chi connectivity index (χ2n) is 12.3. The van der Waals surface area contributed by atoms with Gasteiger partial charge in [-0.1, -0.05) is 24.3 Å². The van der Waals surface area contributed by atoms with Crippen LogP contribution in [0.3, 0.4) is 0 Å². The molecule has 0 bridgehead atoms. The number of rotatable bonds is 7. The summed E-state index contributed by atoms with van der Waals surface area (Å²) in [7, 11) is -4.77. The zero-order valence-electron chi connectivity index (χ0n) is 25.9. The molecular formula is C33H31N7O8S. The van der Waals surface area contributed by atoms with Crippen LogP contribution in [0.25, 0.3) is 11.0 Å². The third kappa shape index (κ3) is 4.89. The molecule has 4 aliphatic rings. The summed E-state index contributed by atoms with van der Waals surface area (Å²) in [6.07, 6.45) is 9.44. The first-order valence-electron chi connectivity index (χ1n) is 15.7. The number of carbonyl (C=O) groups is 1. The maximum Gasteiger partial charge on any atom is 0.297 e. The van der Waals surface area contributed by atoms with E-state index in [9.17, 15) is 14.9 Å². The Morgan fingerprint density at radius 2 is 2.06 bits per heavy atom. The lowest BCUT2D eigenvalue weighted by Gasteiger charge is -2.54. The number of nitrogens with zero attached hydrogens (tertiary/aromatic N) is 4. The first-order chi connectivity index (χ1) is 23.7. The van der Waals surface area contributed by atoms with Crippen LogP contribution in [-0.4, -0.2) is 77.1 Å². The van der Waals surface area contributed by atoms with E-state index in [0.717, 1.165) is 11.8 Å². The van der Waals surface area contributed by atoms with E-state index in [1.54, 1.807) is 41.6 Å². The maximum absolute atomic E-state index is 15.4. The van der Waals surface area contributed by atoms with Crippen LogP contribution < -0.4 is 25.4 Å². The van der Waals surface area contributed by atoms with Gasteiger partial charge in [0.1, 0.15) is 24.0 Å². The monoisotopic (exact) mass is 685 g/mol. The Hall–Kier alpha value is -5.48. The Bertz CT molecular complexity index is 2150. The SMILES string of the molecule is NC(=O)C1C=CC=CC1(N1c2cc3cc[nH]c3nc2O[C@@H]2COCC[C@@H]21)S(=O)(=O)c1cc2c(c([N+](=O)[O-])c1)N[C@@H](Cc1ccccn1)CO2. The molecule has 0 saturated carbocycles. The number of sulfone groups is 1. The van der Waals surface area contributed by atoms with Crippen molar-refractivity contribution in [3.05, 3.63) is 95.0 Å². The molecule has 0 radical (unpaired) electrons. The fraction of sp³-hybridized carbons (Fsp3) is 0.303. The van der Waals surface area contributed by atoms with E-state index in [2.05, 4.69) is 20.3 Å². The summed E-state index contributed by atoms with van der Waals surface area (Å²) >= 11 is 0. The molecule has 16 heteroatoms. The van der Waals surface area contributed by atoms with Crippen molar-refractivity contribution in [2.24, 2.45) is 11.7 Å². The molecule has 5 atom stereocenters. The molecule has 1 amide bonds. The standard InChI is InChI=1S/C33H31N7O8S/c34-30(41)23-6-1-3-9-33(23,39-24-8-12-46-18-28(24)48-32-26(39)13-19-7-11-36-31(19)38-32)49(44,45)22-15-25(40(42)43)29-27(16-22)47-17-21(37-29)14-20-5-2-4-10-35-20/h1-7,9-11,13,15-16,21,23-24,28,37H,8,12,14,17-18H2,(H2,34,41)(H,36,38)/t21-,23?,24-,28+,33?/m0/s1. The highest BCUT2D eigenvalue weighted by Gasteiger charge is 2.61. The van der Waals surface area contributed by atoms with Crippen LogP contribution in [-0.2, 0) is 25.8 Å². The number of carbonyl (C=O) groups excluding carboxylic acids is 1. The van der Waals surface area contributed by atoms with Gasteiger partial charge in [-0.25, -0.2) is 8.42 Å². The minimum absolute atomic E-state index is 0.00632. The fourth-order valence-electron chi connectivity index (χ4n) is 7.26. The highest BCUT2D eigenvalue weighted by Crippen LogP contribution is 2.52. The summed E-state index contributed by atoms with van der Waals surface area (Å²) in [5.74, 6) is -2.19. The average molecular weight is 686 g/mol.